The fourth-order valence-corrected chi connectivity index (χ4v) is 0.811. The number of rotatable bonds is 2. The van der Waals surface area contributed by atoms with Gasteiger partial charge in [-0.3, -0.25) is 4.98 Å². The summed E-state index contributed by atoms with van der Waals surface area (Å²) in [5.41, 5.74) is 12.5. The predicted molar refractivity (Wildman–Crippen MR) is 45.5 cm³/mol. The SMILES string of the molecule is N/C=C(/CN)c1ccccn1. The van der Waals surface area contributed by atoms with E-state index in [-0.39, 0.29) is 0 Å². The Balaban J connectivity index is 2.92. The fraction of sp³-hybridized carbons (Fsp3) is 0.125. The molecule has 1 heterocycles. The van der Waals surface area contributed by atoms with Crippen LogP contribution in [0.4, 0.5) is 0 Å². The van der Waals surface area contributed by atoms with Crippen LogP contribution in [0.5, 0.6) is 0 Å². The van der Waals surface area contributed by atoms with Crippen LogP contribution < -0.4 is 11.5 Å². The first-order valence-electron chi connectivity index (χ1n) is 3.40. The molecule has 3 nitrogen and oxygen atoms in total. The topological polar surface area (TPSA) is 64.9 Å². The summed E-state index contributed by atoms with van der Waals surface area (Å²) in [6.45, 7) is 0.424. The van der Waals surface area contributed by atoms with Crippen molar-refractivity contribution in [2.75, 3.05) is 6.54 Å². The summed E-state index contributed by atoms with van der Waals surface area (Å²) in [5.74, 6) is 0. The van der Waals surface area contributed by atoms with Crippen molar-refractivity contribution < 1.29 is 0 Å². The Labute approximate surface area is 65.7 Å². The lowest BCUT2D eigenvalue weighted by Crippen LogP contribution is -2.05. The molecule has 1 aromatic rings. The highest BCUT2D eigenvalue weighted by molar-refractivity contribution is 5.62. The van der Waals surface area contributed by atoms with E-state index in [4.69, 9.17) is 11.5 Å². The Kier molecular flexibility index (Phi) is 2.63. The number of pyridine rings is 1. The minimum atomic E-state index is 0.424. The van der Waals surface area contributed by atoms with Crippen molar-refractivity contribution in [2.24, 2.45) is 11.5 Å². The van der Waals surface area contributed by atoms with Gasteiger partial charge in [-0.15, -0.1) is 0 Å². The van der Waals surface area contributed by atoms with Gasteiger partial charge >= 0.3 is 0 Å². The van der Waals surface area contributed by atoms with Crippen LogP contribution in [-0.4, -0.2) is 11.5 Å². The standard InChI is InChI=1S/C8H11N3/c9-5-7(6-10)8-3-1-2-4-11-8/h1-5H,6,9-10H2/b7-5-. The third kappa shape index (κ3) is 1.78. The zero-order valence-electron chi connectivity index (χ0n) is 6.20. The van der Waals surface area contributed by atoms with E-state index in [0.717, 1.165) is 11.3 Å². The second-order valence-corrected chi connectivity index (χ2v) is 2.11. The van der Waals surface area contributed by atoms with E-state index in [1.807, 2.05) is 18.2 Å². The van der Waals surface area contributed by atoms with Crippen LogP contribution in [0.2, 0.25) is 0 Å². The summed E-state index contributed by atoms with van der Waals surface area (Å²) in [7, 11) is 0. The molecule has 58 valence electrons. The van der Waals surface area contributed by atoms with Crippen LogP contribution in [-0.2, 0) is 0 Å². The van der Waals surface area contributed by atoms with Gasteiger partial charge in [0.2, 0.25) is 0 Å². The van der Waals surface area contributed by atoms with Crippen LogP contribution in [0, 0.1) is 0 Å². The third-order valence-corrected chi connectivity index (χ3v) is 1.41. The molecule has 0 bridgehead atoms. The van der Waals surface area contributed by atoms with Gasteiger partial charge in [0.25, 0.3) is 0 Å². The summed E-state index contributed by atoms with van der Waals surface area (Å²) >= 11 is 0. The van der Waals surface area contributed by atoms with Gasteiger partial charge < -0.3 is 11.5 Å². The molecule has 0 saturated carbocycles. The molecule has 1 rings (SSSR count). The first-order valence-corrected chi connectivity index (χ1v) is 3.40. The molecule has 4 N–H and O–H groups in total. The van der Waals surface area contributed by atoms with Gasteiger partial charge in [-0.2, -0.15) is 0 Å². The number of hydrogen-bond acceptors (Lipinski definition) is 3. The minimum Gasteiger partial charge on any atom is -0.404 e. The first-order chi connectivity index (χ1) is 5.38. The lowest BCUT2D eigenvalue weighted by molar-refractivity contribution is 1.19. The second-order valence-electron chi connectivity index (χ2n) is 2.11. The lowest BCUT2D eigenvalue weighted by Gasteiger charge is -2.00. The van der Waals surface area contributed by atoms with E-state index in [1.54, 1.807) is 6.20 Å². The summed E-state index contributed by atoms with van der Waals surface area (Å²) in [4.78, 5) is 4.09. The molecule has 0 saturated heterocycles. The fourth-order valence-electron chi connectivity index (χ4n) is 0.811. The van der Waals surface area contributed by atoms with Crippen molar-refractivity contribution >= 4 is 5.57 Å². The highest BCUT2D eigenvalue weighted by Crippen LogP contribution is 2.06. The Hall–Kier alpha value is -1.35. The van der Waals surface area contributed by atoms with Crippen LogP contribution in [0.25, 0.3) is 5.57 Å². The molecular weight excluding hydrogens is 138 g/mol. The second kappa shape index (κ2) is 3.73. The summed E-state index contributed by atoms with van der Waals surface area (Å²) in [6, 6.07) is 5.64. The molecule has 0 amide bonds. The van der Waals surface area contributed by atoms with E-state index in [0.29, 0.717) is 6.54 Å². The normalized spacial score (nSPS) is 11.5. The monoisotopic (exact) mass is 149 g/mol. The van der Waals surface area contributed by atoms with Crippen molar-refractivity contribution in [3.05, 3.63) is 36.3 Å². The van der Waals surface area contributed by atoms with Crippen molar-refractivity contribution in [1.82, 2.24) is 4.98 Å². The van der Waals surface area contributed by atoms with Crippen LogP contribution in [0.3, 0.4) is 0 Å². The predicted octanol–water partition coefficient (Wildman–Crippen LogP) is 0.340. The van der Waals surface area contributed by atoms with Crippen molar-refractivity contribution in [2.45, 2.75) is 0 Å². The Bertz CT molecular complexity index is 241. The van der Waals surface area contributed by atoms with Crippen molar-refractivity contribution in [3.8, 4) is 0 Å². The Morgan fingerprint density at radius 1 is 1.55 bits per heavy atom. The highest BCUT2D eigenvalue weighted by atomic mass is 14.7. The smallest absolute Gasteiger partial charge is 0.0688 e. The lowest BCUT2D eigenvalue weighted by atomic mass is 10.2. The van der Waals surface area contributed by atoms with Crippen LogP contribution in [0.1, 0.15) is 5.69 Å². The van der Waals surface area contributed by atoms with Crippen LogP contribution >= 0.6 is 0 Å². The zero-order valence-corrected chi connectivity index (χ0v) is 6.20. The molecule has 0 radical (unpaired) electrons. The molecule has 0 aromatic carbocycles. The molecule has 0 atom stereocenters. The van der Waals surface area contributed by atoms with Gasteiger partial charge in [0.15, 0.2) is 0 Å². The van der Waals surface area contributed by atoms with E-state index >= 15 is 0 Å². The van der Waals surface area contributed by atoms with E-state index in [2.05, 4.69) is 4.98 Å². The van der Waals surface area contributed by atoms with Gasteiger partial charge in [-0.1, -0.05) is 6.07 Å². The number of nitrogens with zero attached hydrogens (tertiary/aromatic N) is 1. The van der Waals surface area contributed by atoms with Crippen molar-refractivity contribution in [3.63, 3.8) is 0 Å². The largest absolute Gasteiger partial charge is 0.404 e. The molecule has 0 aliphatic heterocycles. The summed E-state index contributed by atoms with van der Waals surface area (Å²) in [6.07, 6.45) is 3.21. The van der Waals surface area contributed by atoms with Gasteiger partial charge in [0.05, 0.1) is 5.69 Å². The van der Waals surface area contributed by atoms with Gasteiger partial charge in [-0.25, -0.2) is 0 Å². The van der Waals surface area contributed by atoms with E-state index < -0.39 is 0 Å². The molecule has 0 spiro atoms. The average Bonchev–Trinajstić information content (AvgIpc) is 2.09. The summed E-state index contributed by atoms with van der Waals surface area (Å²) < 4.78 is 0. The number of hydrogen-bond donors (Lipinski definition) is 2. The summed E-state index contributed by atoms with van der Waals surface area (Å²) in [5, 5.41) is 0. The molecule has 0 unspecified atom stereocenters. The highest BCUT2D eigenvalue weighted by Gasteiger charge is 1.96. The first kappa shape index (κ1) is 7.75. The maximum absolute atomic E-state index is 5.43. The van der Waals surface area contributed by atoms with Crippen molar-refractivity contribution in [1.29, 1.82) is 0 Å². The molecule has 0 fully saturated rings. The van der Waals surface area contributed by atoms with E-state index in [1.165, 1.54) is 6.20 Å². The number of aromatic nitrogens is 1. The molecule has 0 aliphatic rings. The van der Waals surface area contributed by atoms with Gasteiger partial charge in [-0.05, 0) is 12.1 Å². The maximum Gasteiger partial charge on any atom is 0.0688 e. The average molecular weight is 149 g/mol. The molecular formula is C8H11N3. The minimum absolute atomic E-state index is 0.424. The Morgan fingerprint density at radius 2 is 2.36 bits per heavy atom. The van der Waals surface area contributed by atoms with Gasteiger partial charge in [0, 0.05) is 24.5 Å². The molecule has 0 aliphatic carbocycles. The van der Waals surface area contributed by atoms with E-state index in [9.17, 15) is 0 Å². The quantitative estimate of drug-likeness (QED) is 0.637. The Morgan fingerprint density at radius 3 is 2.82 bits per heavy atom. The molecule has 11 heavy (non-hydrogen) atoms. The van der Waals surface area contributed by atoms with Crippen LogP contribution in [0.15, 0.2) is 30.6 Å². The third-order valence-electron chi connectivity index (χ3n) is 1.41. The number of nitrogens with two attached hydrogens (primary N) is 2. The van der Waals surface area contributed by atoms with Gasteiger partial charge in [0.1, 0.15) is 0 Å². The maximum atomic E-state index is 5.43. The molecule has 1 aromatic heterocycles. The zero-order chi connectivity index (χ0) is 8.10. The molecule has 3 heteroatoms.